The van der Waals surface area contributed by atoms with Gasteiger partial charge in [0.05, 0.1) is 21.8 Å². The Morgan fingerprint density at radius 3 is 2.51 bits per heavy atom. The predicted octanol–water partition coefficient (Wildman–Crippen LogP) is 4.71. The van der Waals surface area contributed by atoms with Crippen LogP contribution in [0.5, 0.6) is 0 Å². The lowest BCUT2D eigenvalue weighted by Gasteiger charge is -2.34. The van der Waals surface area contributed by atoms with Crippen LogP contribution < -0.4 is 0 Å². The first kappa shape index (κ1) is 25.8. The van der Waals surface area contributed by atoms with Crippen LogP contribution >= 0.6 is 11.8 Å². The van der Waals surface area contributed by atoms with E-state index in [1.165, 1.54) is 22.9 Å². The molecule has 1 aliphatic heterocycles. The maximum absolute atomic E-state index is 13.1. The number of nitrogens with zero attached hydrogens (tertiary/aromatic N) is 5. The molecule has 1 saturated heterocycles. The third kappa shape index (κ3) is 5.03. The summed E-state index contributed by atoms with van der Waals surface area (Å²) in [7, 11) is -3.31. The van der Waals surface area contributed by atoms with Gasteiger partial charge in [-0.25, -0.2) is 13.5 Å². The van der Waals surface area contributed by atoms with E-state index in [0.717, 1.165) is 41.4 Å². The molecule has 0 saturated carbocycles. The second-order valence-corrected chi connectivity index (χ2v) is 12.6. The molecule has 8 nitrogen and oxygen atoms in total. The third-order valence-electron chi connectivity index (χ3n) is 7.02. The molecule has 1 unspecified atom stereocenters. The molecule has 0 spiro atoms. The highest BCUT2D eigenvalue weighted by Crippen LogP contribution is 2.28. The van der Waals surface area contributed by atoms with E-state index in [-0.39, 0.29) is 17.7 Å². The lowest BCUT2D eigenvalue weighted by Crippen LogP contribution is -2.43. The molecule has 37 heavy (non-hydrogen) atoms. The van der Waals surface area contributed by atoms with Crippen LogP contribution in [0.15, 0.2) is 52.7 Å². The van der Waals surface area contributed by atoms with E-state index >= 15 is 0 Å². The number of thioether (sulfide) groups is 1. The fourth-order valence-electron chi connectivity index (χ4n) is 4.84. The summed E-state index contributed by atoms with van der Waals surface area (Å²) < 4.78 is 27.6. The van der Waals surface area contributed by atoms with Gasteiger partial charge in [-0.05, 0) is 105 Å². The van der Waals surface area contributed by atoms with Crippen LogP contribution in [0.3, 0.4) is 0 Å². The van der Waals surface area contributed by atoms with E-state index in [1.54, 1.807) is 28.6 Å². The molecule has 2 atom stereocenters. The van der Waals surface area contributed by atoms with E-state index in [1.807, 2.05) is 18.2 Å². The number of benzene rings is 1. The largest absolute Gasteiger partial charge is 0.302 e. The van der Waals surface area contributed by atoms with E-state index in [0.29, 0.717) is 22.3 Å². The van der Waals surface area contributed by atoms with Gasteiger partial charge < -0.3 is 4.55 Å². The van der Waals surface area contributed by atoms with Crippen molar-refractivity contribution in [3.8, 4) is 0 Å². The van der Waals surface area contributed by atoms with Crippen LogP contribution in [-0.4, -0.2) is 62.5 Å². The monoisotopic (exact) mass is 537 g/mol. The van der Waals surface area contributed by atoms with Gasteiger partial charge in [0.1, 0.15) is 0 Å². The van der Waals surface area contributed by atoms with Gasteiger partial charge in [-0.15, -0.1) is 10.2 Å². The number of carbonyl (C=O) groups excluding carboxylic acids is 1. The number of carbonyl (C=O) groups is 1. The topological polar surface area (TPSA) is 100 Å². The van der Waals surface area contributed by atoms with Crippen molar-refractivity contribution in [2.45, 2.75) is 58.2 Å². The van der Waals surface area contributed by atoms with Crippen molar-refractivity contribution in [2.75, 3.05) is 12.3 Å². The highest BCUT2D eigenvalue weighted by molar-refractivity contribution is 7.99. The quantitative estimate of drug-likeness (QED) is 0.382. The summed E-state index contributed by atoms with van der Waals surface area (Å²) in [4.78, 5) is 17.2. The number of allylic oxidation sites excluding steroid dienone is 4. The Balaban J connectivity index is 1.34. The first-order chi connectivity index (χ1) is 17.6. The molecule has 2 aliphatic rings. The van der Waals surface area contributed by atoms with E-state index < -0.39 is 9.99 Å². The number of piperidine rings is 1. The van der Waals surface area contributed by atoms with Crippen molar-refractivity contribution in [1.82, 2.24) is 18.9 Å². The number of aromatic nitrogens is 3. The number of fused-ring (bicyclic) bond motifs is 3. The van der Waals surface area contributed by atoms with E-state index in [2.05, 4.69) is 47.2 Å². The van der Waals surface area contributed by atoms with Crippen LogP contribution in [0.4, 0.5) is 0 Å². The van der Waals surface area contributed by atoms with Gasteiger partial charge in [0.2, 0.25) is 0 Å². The van der Waals surface area contributed by atoms with Gasteiger partial charge in [-0.1, -0.05) is 18.2 Å². The van der Waals surface area contributed by atoms with Gasteiger partial charge in [0.15, 0.2) is 20.8 Å². The molecule has 2 aromatic heterocycles. The van der Waals surface area contributed by atoms with Crippen molar-refractivity contribution in [2.24, 2.45) is 4.99 Å². The standard InChI is InChI=1S/C27H31N5O3S2/c1-17-13-21-14-19(3)26-29-30-27(32(26)24(21)15-18(17)2)36-16-25(33)28-22-8-10-23(11-9-22)37(34,35)31-12-6-5-7-20(31)4/h8-11,13-15,20H,5-7,12,16H2,1-4H3,(H,34,35)/t20-/m0/s1. The average molecular weight is 538 g/mol. The van der Waals surface area contributed by atoms with Crippen molar-refractivity contribution < 1.29 is 13.6 Å². The van der Waals surface area contributed by atoms with Crippen molar-refractivity contribution in [3.63, 3.8) is 0 Å². The number of rotatable bonds is 4. The Hall–Kier alpha value is -2.79. The average Bonchev–Trinajstić information content (AvgIpc) is 3.30. The minimum absolute atomic E-state index is 0.0521. The Morgan fingerprint density at radius 1 is 1.08 bits per heavy atom. The van der Waals surface area contributed by atoms with Gasteiger partial charge >= 0.3 is 0 Å². The Kier molecular flexibility index (Phi) is 7.10. The summed E-state index contributed by atoms with van der Waals surface area (Å²) in [5.74, 6) is -0.210. The highest BCUT2D eigenvalue weighted by atomic mass is 32.2. The van der Waals surface area contributed by atoms with Crippen LogP contribution in [0.25, 0.3) is 16.6 Å². The number of amides is 1. The second kappa shape index (κ2) is 10.2. The lowest BCUT2D eigenvalue weighted by molar-refractivity contribution is -0.115. The molecule has 1 N–H and O–H groups in total. The Labute approximate surface area is 221 Å². The van der Waals surface area contributed by atoms with Crippen LogP contribution in [0.2, 0.25) is 0 Å². The van der Waals surface area contributed by atoms with Gasteiger partial charge in [0, 0.05) is 12.6 Å². The molecule has 1 fully saturated rings. The normalized spacial score (nSPS) is 20.1. The fraction of sp³-hybridized carbons (Fsp3) is 0.370. The molecular formula is C27H31N5O3S2. The lowest BCUT2D eigenvalue weighted by atomic mass is 10.0. The molecule has 3 aromatic rings. The number of aliphatic imine (C=N–C) groups is 1. The predicted molar refractivity (Wildman–Crippen MR) is 152 cm³/mol. The van der Waals surface area contributed by atoms with Gasteiger partial charge in [-0.2, -0.15) is 0 Å². The molecule has 1 amide bonds. The number of hydrogen-bond acceptors (Lipinski definition) is 5. The Morgan fingerprint density at radius 2 is 1.78 bits per heavy atom. The molecule has 1 aromatic carbocycles. The molecule has 0 radical (unpaired) electrons. The van der Waals surface area contributed by atoms with Gasteiger partial charge in [0.25, 0.3) is 5.91 Å². The SMILES string of the molecule is Cc1cc2cc(C)c3nnc(SCC(=O)N=C4C=CC(=S(=O)(O)N5CCCC[C@@H]5C)C=C4)n3c2cc1C. The molecule has 194 valence electrons. The maximum atomic E-state index is 13.1. The maximum Gasteiger partial charge on any atom is 0.256 e. The minimum Gasteiger partial charge on any atom is -0.302 e. The molecule has 1 aliphatic carbocycles. The summed E-state index contributed by atoms with van der Waals surface area (Å²) in [5.41, 5.74) is 5.65. The molecular weight excluding hydrogens is 506 g/mol. The van der Waals surface area contributed by atoms with E-state index in [4.69, 9.17) is 0 Å². The minimum atomic E-state index is -3.31. The van der Waals surface area contributed by atoms with Crippen molar-refractivity contribution in [1.29, 1.82) is 0 Å². The molecule has 3 heterocycles. The second-order valence-electron chi connectivity index (χ2n) is 9.73. The summed E-state index contributed by atoms with van der Waals surface area (Å²) in [6, 6.07) is 6.45. The third-order valence-corrected chi connectivity index (χ3v) is 10.0. The van der Waals surface area contributed by atoms with Crippen LogP contribution in [0, 0.1) is 20.8 Å². The number of pyridine rings is 1. The van der Waals surface area contributed by atoms with E-state index in [9.17, 15) is 13.6 Å². The Bertz CT molecular complexity index is 1610. The highest BCUT2D eigenvalue weighted by Gasteiger charge is 2.27. The summed E-state index contributed by atoms with van der Waals surface area (Å²) in [6.07, 6.45) is 9.32. The zero-order chi connectivity index (χ0) is 26.3. The number of hydrogen-bond donors (Lipinski definition) is 1. The zero-order valence-corrected chi connectivity index (χ0v) is 23.1. The summed E-state index contributed by atoms with van der Waals surface area (Å²) in [6.45, 7) is 8.76. The fourth-order valence-corrected chi connectivity index (χ4v) is 7.30. The molecule has 10 heteroatoms. The number of aryl methyl sites for hydroxylation is 3. The summed E-state index contributed by atoms with van der Waals surface area (Å²) in [5, 5.41) is 10.4. The first-order valence-electron chi connectivity index (χ1n) is 12.4. The first-order valence-corrected chi connectivity index (χ1v) is 14.9. The van der Waals surface area contributed by atoms with Crippen LogP contribution in [-0.2, 0) is 14.8 Å². The van der Waals surface area contributed by atoms with Crippen molar-refractivity contribution in [3.05, 3.63) is 59.2 Å². The molecule has 0 bridgehead atoms. The van der Waals surface area contributed by atoms with Gasteiger partial charge in [-0.3, -0.25) is 9.20 Å². The van der Waals surface area contributed by atoms with Crippen LogP contribution in [0.1, 0.15) is 42.9 Å². The van der Waals surface area contributed by atoms with Crippen molar-refractivity contribution >= 4 is 54.8 Å². The summed E-state index contributed by atoms with van der Waals surface area (Å²) >= 11 is 1.30. The zero-order valence-electron chi connectivity index (χ0n) is 21.5. The molecule has 5 rings (SSSR count). The smallest absolute Gasteiger partial charge is 0.256 e.